The Morgan fingerprint density at radius 1 is 1.37 bits per heavy atom. The summed E-state index contributed by atoms with van der Waals surface area (Å²) in [6.45, 7) is 7.22. The second kappa shape index (κ2) is 7.75. The van der Waals surface area contributed by atoms with Crippen molar-refractivity contribution in [2.24, 2.45) is 0 Å². The van der Waals surface area contributed by atoms with Crippen LogP contribution in [0.5, 0.6) is 0 Å². The van der Waals surface area contributed by atoms with Crippen LogP contribution in [-0.4, -0.2) is 29.0 Å². The molecule has 2 atom stereocenters. The van der Waals surface area contributed by atoms with E-state index in [0.29, 0.717) is 15.3 Å². The third-order valence-corrected chi connectivity index (χ3v) is 4.75. The average molecular weight is 322 g/mol. The van der Waals surface area contributed by atoms with Crippen LogP contribution >= 0.6 is 35.0 Å². The minimum absolute atomic E-state index is 0.132. The maximum absolute atomic E-state index is 9.50. The van der Waals surface area contributed by atoms with Crippen molar-refractivity contribution >= 4 is 35.0 Å². The minimum atomic E-state index is -0.239. The molecule has 1 rings (SSSR count). The van der Waals surface area contributed by atoms with E-state index in [0.717, 1.165) is 17.9 Å². The predicted molar refractivity (Wildman–Crippen MR) is 85.6 cm³/mol. The van der Waals surface area contributed by atoms with E-state index < -0.39 is 0 Å². The molecule has 19 heavy (non-hydrogen) atoms. The van der Waals surface area contributed by atoms with Gasteiger partial charge in [-0.25, -0.2) is 0 Å². The fourth-order valence-electron chi connectivity index (χ4n) is 2.08. The second-order valence-electron chi connectivity index (χ2n) is 4.96. The molecule has 2 unspecified atom stereocenters. The van der Waals surface area contributed by atoms with E-state index in [2.05, 4.69) is 12.2 Å². The molecule has 108 valence electrons. The van der Waals surface area contributed by atoms with Crippen LogP contribution in [0.4, 0.5) is 0 Å². The lowest BCUT2D eigenvalue weighted by molar-refractivity contribution is 0.168. The topological polar surface area (TPSA) is 32.3 Å². The molecule has 0 aliphatic rings. The van der Waals surface area contributed by atoms with Gasteiger partial charge >= 0.3 is 0 Å². The molecule has 0 saturated heterocycles. The number of aliphatic hydroxyl groups excluding tert-OH is 1. The molecule has 0 fully saturated rings. The molecule has 0 heterocycles. The van der Waals surface area contributed by atoms with Crippen molar-refractivity contribution in [3.05, 3.63) is 28.2 Å². The molecular formula is C14H21Cl2NOS. The SMILES string of the molecule is CCNC(C)(CO)CC(C)Sc1ccc(Cl)c(Cl)c1. The molecule has 0 spiro atoms. The summed E-state index contributed by atoms with van der Waals surface area (Å²) in [6, 6.07) is 5.67. The van der Waals surface area contributed by atoms with Crippen LogP contribution in [0.1, 0.15) is 27.2 Å². The summed E-state index contributed by atoms with van der Waals surface area (Å²) in [4.78, 5) is 1.10. The molecule has 0 bridgehead atoms. The molecule has 0 aromatic heterocycles. The number of likely N-dealkylation sites (N-methyl/N-ethyl adjacent to an activating group) is 1. The summed E-state index contributed by atoms with van der Waals surface area (Å²) >= 11 is 13.7. The molecule has 0 aliphatic heterocycles. The summed E-state index contributed by atoms with van der Waals surface area (Å²) in [7, 11) is 0. The zero-order valence-corrected chi connectivity index (χ0v) is 13.9. The summed E-state index contributed by atoms with van der Waals surface area (Å²) in [5.41, 5.74) is -0.239. The first-order valence-electron chi connectivity index (χ1n) is 6.38. The van der Waals surface area contributed by atoms with Crippen LogP contribution in [0.2, 0.25) is 10.0 Å². The summed E-state index contributed by atoms with van der Waals surface area (Å²) < 4.78 is 0. The van der Waals surface area contributed by atoms with Gasteiger partial charge in [0, 0.05) is 15.7 Å². The fraction of sp³-hybridized carbons (Fsp3) is 0.571. The Balaban J connectivity index is 2.63. The van der Waals surface area contributed by atoms with Crippen molar-refractivity contribution < 1.29 is 5.11 Å². The van der Waals surface area contributed by atoms with E-state index in [9.17, 15) is 5.11 Å². The number of rotatable bonds is 7. The van der Waals surface area contributed by atoms with Crippen molar-refractivity contribution in [3.63, 3.8) is 0 Å². The Morgan fingerprint density at radius 3 is 2.58 bits per heavy atom. The number of aliphatic hydroxyl groups is 1. The van der Waals surface area contributed by atoms with Crippen molar-refractivity contribution in [3.8, 4) is 0 Å². The number of hydrogen-bond acceptors (Lipinski definition) is 3. The zero-order chi connectivity index (χ0) is 14.5. The first-order chi connectivity index (χ1) is 8.90. The Kier molecular flexibility index (Phi) is 6.98. The van der Waals surface area contributed by atoms with Crippen LogP contribution in [0.3, 0.4) is 0 Å². The molecular weight excluding hydrogens is 301 g/mol. The smallest absolute Gasteiger partial charge is 0.0611 e. The quantitative estimate of drug-likeness (QED) is 0.737. The third-order valence-electron chi connectivity index (χ3n) is 2.92. The molecule has 0 amide bonds. The van der Waals surface area contributed by atoms with Crippen LogP contribution in [-0.2, 0) is 0 Å². The molecule has 1 aromatic rings. The lowest BCUT2D eigenvalue weighted by atomic mass is 9.97. The highest BCUT2D eigenvalue weighted by molar-refractivity contribution is 8.00. The highest BCUT2D eigenvalue weighted by Crippen LogP contribution is 2.32. The Labute approximate surface area is 129 Å². The second-order valence-corrected chi connectivity index (χ2v) is 7.28. The molecule has 5 heteroatoms. The zero-order valence-electron chi connectivity index (χ0n) is 11.5. The van der Waals surface area contributed by atoms with Crippen LogP contribution in [0.15, 0.2) is 23.1 Å². The summed E-state index contributed by atoms with van der Waals surface area (Å²) in [6.07, 6.45) is 0.877. The Hall–Kier alpha value is 0.0700. The lowest BCUT2D eigenvalue weighted by Gasteiger charge is -2.31. The monoisotopic (exact) mass is 321 g/mol. The first kappa shape index (κ1) is 17.1. The average Bonchev–Trinajstić information content (AvgIpc) is 2.34. The van der Waals surface area contributed by atoms with Gasteiger partial charge in [0.25, 0.3) is 0 Å². The van der Waals surface area contributed by atoms with Gasteiger partial charge in [0.1, 0.15) is 0 Å². The van der Waals surface area contributed by atoms with Gasteiger partial charge in [-0.1, -0.05) is 37.0 Å². The van der Waals surface area contributed by atoms with E-state index >= 15 is 0 Å². The third kappa shape index (κ3) is 5.52. The van der Waals surface area contributed by atoms with Gasteiger partial charge in [0.15, 0.2) is 0 Å². The van der Waals surface area contributed by atoms with Gasteiger partial charge < -0.3 is 10.4 Å². The van der Waals surface area contributed by atoms with Gasteiger partial charge in [-0.2, -0.15) is 0 Å². The lowest BCUT2D eigenvalue weighted by Crippen LogP contribution is -2.47. The first-order valence-corrected chi connectivity index (χ1v) is 8.01. The molecule has 1 aromatic carbocycles. The highest BCUT2D eigenvalue weighted by atomic mass is 35.5. The van der Waals surface area contributed by atoms with E-state index in [1.165, 1.54) is 0 Å². The van der Waals surface area contributed by atoms with Gasteiger partial charge in [-0.05, 0) is 38.1 Å². The number of thioether (sulfide) groups is 1. The largest absolute Gasteiger partial charge is 0.394 e. The predicted octanol–water partition coefficient (Wildman–Crippen LogP) is 4.22. The van der Waals surface area contributed by atoms with Crippen molar-refractivity contribution in [2.75, 3.05) is 13.2 Å². The van der Waals surface area contributed by atoms with E-state index in [1.54, 1.807) is 11.8 Å². The fourth-order valence-corrected chi connectivity index (χ4v) is 3.69. The van der Waals surface area contributed by atoms with Gasteiger partial charge in [-0.15, -0.1) is 11.8 Å². The van der Waals surface area contributed by atoms with Crippen LogP contribution in [0.25, 0.3) is 0 Å². The Bertz CT molecular complexity index is 416. The molecule has 2 N–H and O–H groups in total. The highest BCUT2D eigenvalue weighted by Gasteiger charge is 2.25. The maximum atomic E-state index is 9.50. The van der Waals surface area contributed by atoms with Gasteiger partial charge in [0.05, 0.1) is 16.7 Å². The number of hydrogen-bond donors (Lipinski definition) is 2. The molecule has 0 aliphatic carbocycles. The normalized spacial score (nSPS) is 16.1. The maximum Gasteiger partial charge on any atom is 0.0611 e. The summed E-state index contributed by atoms with van der Waals surface area (Å²) in [5, 5.41) is 14.4. The standard InChI is InChI=1S/C14H21Cl2NOS/c1-4-17-14(3,9-18)8-10(2)19-11-5-6-12(15)13(16)7-11/h5-7,10,17-18H,4,8-9H2,1-3H3. The van der Waals surface area contributed by atoms with Crippen molar-refractivity contribution in [2.45, 2.75) is 42.9 Å². The Morgan fingerprint density at radius 2 is 2.05 bits per heavy atom. The number of nitrogens with one attached hydrogen (secondary N) is 1. The van der Waals surface area contributed by atoms with Crippen LogP contribution in [0, 0.1) is 0 Å². The molecule has 0 saturated carbocycles. The number of benzene rings is 1. The van der Waals surface area contributed by atoms with Gasteiger partial charge in [-0.3, -0.25) is 0 Å². The van der Waals surface area contributed by atoms with E-state index in [1.807, 2.05) is 32.0 Å². The van der Waals surface area contributed by atoms with Gasteiger partial charge in [0.2, 0.25) is 0 Å². The molecule has 0 radical (unpaired) electrons. The van der Waals surface area contributed by atoms with E-state index in [-0.39, 0.29) is 12.1 Å². The van der Waals surface area contributed by atoms with Crippen molar-refractivity contribution in [1.29, 1.82) is 0 Å². The summed E-state index contributed by atoms with van der Waals surface area (Å²) in [5.74, 6) is 0. The number of halogens is 2. The minimum Gasteiger partial charge on any atom is -0.394 e. The molecule has 2 nitrogen and oxygen atoms in total. The van der Waals surface area contributed by atoms with Crippen molar-refractivity contribution in [1.82, 2.24) is 5.32 Å². The van der Waals surface area contributed by atoms with Crippen LogP contribution < -0.4 is 5.32 Å². The van der Waals surface area contributed by atoms with E-state index in [4.69, 9.17) is 23.2 Å².